The van der Waals surface area contributed by atoms with E-state index >= 15 is 0 Å². The molecule has 0 unspecified atom stereocenters. The van der Waals surface area contributed by atoms with Gasteiger partial charge >= 0.3 is 0 Å². The Hall–Kier alpha value is -4.59. The fraction of sp³-hybridized carbons (Fsp3) is 0. The van der Waals surface area contributed by atoms with Gasteiger partial charge in [0.2, 0.25) is 0 Å². The zero-order valence-corrected chi connectivity index (χ0v) is 22.1. The van der Waals surface area contributed by atoms with Gasteiger partial charge in [0, 0.05) is 15.2 Å². The molecule has 0 nitrogen and oxygen atoms in total. The maximum atomic E-state index is 2.36. The summed E-state index contributed by atoms with van der Waals surface area (Å²) in [5.74, 6) is 0. The number of benzene rings is 7. The number of hydrogen-bond donors (Lipinski definition) is 0. The Kier molecular flexibility index (Phi) is 5.17. The molecule has 7 aromatic carbocycles. The zero-order valence-electron chi connectivity index (χ0n) is 21.3. The first kappa shape index (κ1) is 22.4. The molecule has 0 atom stereocenters. The molecule has 7 aromatic rings. The third kappa shape index (κ3) is 3.78. The van der Waals surface area contributed by atoms with E-state index in [9.17, 15) is 0 Å². The predicted molar refractivity (Wildman–Crippen MR) is 167 cm³/mol. The SMILES string of the molecule is c1ccc2c(-c3ccc(-c4ccc(-c5ccc6c(c5)-c5cccc7cccc(c57)S6)cc4)cc3)cccc2c1. The summed E-state index contributed by atoms with van der Waals surface area (Å²) in [6.45, 7) is 0. The van der Waals surface area contributed by atoms with Crippen molar-refractivity contribution in [1.29, 1.82) is 0 Å². The molecule has 0 saturated carbocycles. The van der Waals surface area contributed by atoms with Gasteiger partial charge in [0.25, 0.3) is 0 Å². The minimum absolute atomic E-state index is 1.23. The van der Waals surface area contributed by atoms with Crippen molar-refractivity contribution >= 4 is 33.3 Å². The Morgan fingerprint density at radius 3 is 1.67 bits per heavy atom. The quantitative estimate of drug-likeness (QED) is 0.227. The van der Waals surface area contributed by atoms with Crippen LogP contribution in [0, 0.1) is 0 Å². The predicted octanol–water partition coefficient (Wildman–Crippen LogP) is 11.1. The molecule has 0 aliphatic carbocycles. The molecule has 0 radical (unpaired) electrons. The van der Waals surface area contributed by atoms with Crippen molar-refractivity contribution in [3.05, 3.63) is 146 Å². The Morgan fingerprint density at radius 1 is 0.333 bits per heavy atom. The highest BCUT2D eigenvalue weighted by atomic mass is 32.2. The smallest absolute Gasteiger partial charge is 0.0207 e. The van der Waals surface area contributed by atoms with E-state index in [1.165, 1.54) is 75.8 Å². The lowest BCUT2D eigenvalue weighted by Gasteiger charge is -2.21. The van der Waals surface area contributed by atoms with Crippen LogP contribution in [0.25, 0.3) is 66.1 Å². The molecule has 0 bridgehead atoms. The molecule has 39 heavy (non-hydrogen) atoms. The maximum absolute atomic E-state index is 2.36. The lowest BCUT2D eigenvalue weighted by atomic mass is 9.93. The first-order valence-electron chi connectivity index (χ1n) is 13.3. The molecular formula is C38H24S. The van der Waals surface area contributed by atoms with Crippen LogP contribution >= 0.6 is 11.8 Å². The van der Waals surface area contributed by atoms with Crippen molar-refractivity contribution < 1.29 is 0 Å². The molecule has 1 aliphatic heterocycles. The molecule has 0 fully saturated rings. The van der Waals surface area contributed by atoms with E-state index in [4.69, 9.17) is 0 Å². The maximum Gasteiger partial charge on any atom is 0.0207 e. The van der Waals surface area contributed by atoms with Crippen molar-refractivity contribution in [2.24, 2.45) is 0 Å². The van der Waals surface area contributed by atoms with Crippen LogP contribution < -0.4 is 0 Å². The van der Waals surface area contributed by atoms with Gasteiger partial charge in [0.1, 0.15) is 0 Å². The summed E-state index contributed by atoms with van der Waals surface area (Å²) in [4.78, 5) is 2.67. The zero-order chi connectivity index (χ0) is 25.8. The third-order valence-corrected chi connectivity index (χ3v) is 9.03. The summed E-state index contributed by atoms with van der Waals surface area (Å²) in [7, 11) is 0. The first-order chi connectivity index (χ1) is 19.3. The molecule has 1 heterocycles. The van der Waals surface area contributed by atoms with Crippen molar-refractivity contribution in [3.8, 4) is 44.5 Å². The summed E-state index contributed by atoms with van der Waals surface area (Å²) in [5.41, 5.74) is 10.1. The van der Waals surface area contributed by atoms with Gasteiger partial charge in [0.05, 0.1) is 0 Å². The summed E-state index contributed by atoms with van der Waals surface area (Å²) in [5, 5.41) is 5.25. The topological polar surface area (TPSA) is 0 Å². The molecule has 182 valence electrons. The van der Waals surface area contributed by atoms with Crippen molar-refractivity contribution in [3.63, 3.8) is 0 Å². The van der Waals surface area contributed by atoms with E-state index in [1.54, 1.807) is 0 Å². The highest BCUT2D eigenvalue weighted by Crippen LogP contribution is 2.48. The largest absolute Gasteiger partial charge is 0.0888 e. The van der Waals surface area contributed by atoms with Gasteiger partial charge in [-0.3, -0.25) is 0 Å². The summed E-state index contributed by atoms with van der Waals surface area (Å²) >= 11 is 1.88. The van der Waals surface area contributed by atoms with Gasteiger partial charge in [-0.05, 0) is 78.9 Å². The van der Waals surface area contributed by atoms with Gasteiger partial charge in [-0.1, -0.05) is 139 Å². The number of rotatable bonds is 3. The lowest BCUT2D eigenvalue weighted by Crippen LogP contribution is -1.93. The van der Waals surface area contributed by atoms with Crippen LogP contribution in [0.4, 0.5) is 0 Å². The van der Waals surface area contributed by atoms with Crippen LogP contribution in [0.2, 0.25) is 0 Å². The fourth-order valence-electron chi connectivity index (χ4n) is 5.92. The van der Waals surface area contributed by atoms with Gasteiger partial charge < -0.3 is 0 Å². The van der Waals surface area contributed by atoms with Crippen LogP contribution in [-0.4, -0.2) is 0 Å². The first-order valence-corrected chi connectivity index (χ1v) is 14.2. The van der Waals surface area contributed by atoms with E-state index in [0.717, 1.165) is 0 Å². The van der Waals surface area contributed by atoms with E-state index < -0.39 is 0 Å². The average molecular weight is 513 g/mol. The lowest BCUT2D eigenvalue weighted by molar-refractivity contribution is 1.39. The standard InChI is InChI=1S/C38H24S/c1-2-10-32-28(6-1)7-3-11-33(32)29-20-18-26(19-21-29)25-14-16-27(17-15-25)31-22-23-36-35(24-31)34-12-4-8-30-9-5-13-37(39-36)38(30)34/h1-24H. The van der Waals surface area contributed by atoms with Crippen molar-refractivity contribution in [2.75, 3.05) is 0 Å². The Labute approximate surface area is 232 Å². The van der Waals surface area contributed by atoms with E-state index in [2.05, 4.69) is 146 Å². The van der Waals surface area contributed by atoms with Crippen LogP contribution in [0.15, 0.2) is 155 Å². The summed E-state index contributed by atoms with van der Waals surface area (Å²) < 4.78 is 0. The second-order valence-electron chi connectivity index (χ2n) is 10.2. The van der Waals surface area contributed by atoms with Gasteiger partial charge in [0.15, 0.2) is 0 Å². The van der Waals surface area contributed by atoms with Crippen LogP contribution in [0.1, 0.15) is 0 Å². The molecule has 8 rings (SSSR count). The molecule has 0 spiro atoms. The minimum atomic E-state index is 1.23. The van der Waals surface area contributed by atoms with Crippen LogP contribution in [0.5, 0.6) is 0 Å². The monoisotopic (exact) mass is 512 g/mol. The summed E-state index contributed by atoms with van der Waals surface area (Å²) in [6.07, 6.45) is 0. The molecule has 0 saturated heterocycles. The van der Waals surface area contributed by atoms with Gasteiger partial charge in [-0.2, -0.15) is 0 Å². The van der Waals surface area contributed by atoms with Crippen molar-refractivity contribution in [2.45, 2.75) is 9.79 Å². The molecule has 1 aliphatic rings. The van der Waals surface area contributed by atoms with Gasteiger partial charge in [-0.25, -0.2) is 0 Å². The highest BCUT2D eigenvalue weighted by molar-refractivity contribution is 7.99. The number of hydrogen-bond acceptors (Lipinski definition) is 1. The summed E-state index contributed by atoms with van der Waals surface area (Å²) in [6, 6.07) is 53.2. The molecule has 0 N–H and O–H groups in total. The normalized spacial score (nSPS) is 12.0. The Balaban J connectivity index is 1.11. The Bertz CT molecular complexity index is 2000. The van der Waals surface area contributed by atoms with E-state index in [-0.39, 0.29) is 0 Å². The van der Waals surface area contributed by atoms with Gasteiger partial charge in [-0.15, -0.1) is 0 Å². The fourth-order valence-corrected chi connectivity index (χ4v) is 7.05. The van der Waals surface area contributed by atoms with Crippen molar-refractivity contribution in [1.82, 2.24) is 0 Å². The highest BCUT2D eigenvalue weighted by Gasteiger charge is 2.19. The van der Waals surface area contributed by atoms with Crippen LogP contribution in [-0.2, 0) is 0 Å². The minimum Gasteiger partial charge on any atom is -0.0888 e. The third-order valence-electron chi connectivity index (χ3n) is 7.89. The second kappa shape index (κ2) is 9.01. The molecule has 1 heteroatoms. The molecular weight excluding hydrogens is 488 g/mol. The number of fused-ring (bicyclic) bond motifs is 3. The molecule has 0 aromatic heterocycles. The van der Waals surface area contributed by atoms with E-state index in [1.807, 2.05) is 11.8 Å². The van der Waals surface area contributed by atoms with Crippen LogP contribution in [0.3, 0.4) is 0 Å². The Morgan fingerprint density at radius 2 is 0.897 bits per heavy atom. The average Bonchev–Trinajstić information content (AvgIpc) is 3.01. The molecule has 0 amide bonds. The van der Waals surface area contributed by atoms with E-state index in [0.29, 0.717) is 0 Å². The second-order valence-corrected chi connectivity index (χ2v) is 11.2.